The Balaban J connectivity index is 2.21. The summed E-state index contributed by atoms with van der Waals surface area (Å²) in [6.07, 6.45) is 3.31. The van der Waals surface area contributed by atoms with E-state index in [9.17, 15) is 4.79 Å². The fourth-order valence-corrected chi connectivity index (χ4v) is 2.73. The highest BCUT2D eigenvalue weighted by atomic mass is 35.5. The van der Waals surface area contributed by atoms with E-state index in [1.807, 2.05) is 32.9 Å². The van der Waals surface area contributed by atoms with Gasteiger partial charge in [0.05, 0.1) is 19.9 Å². The van der Waals surface area contributed by atoms with E-state index in [-0.39, 0.29) is 5.91 Å². The van der Waals surface area contributed by atoms with Crippen LogP contribution in [0.2, 0.25) is 5.02 Å². The second-order valence-corrected chi connectivity index (χ2v) is 6.21. The third kappa shape index (κ3) is 4.54. The van der Waals surface area contributed by atoms with E-state index >= 15 is 0 Å². The molecule has 0 aliphatic carbocycles. The zero-order valence-corrected chi connectivity index (χ0v) is 15.8. The molecule has 1 amide bonds. The van der Waals surface area contributed by atoms with Crippen LogP contribution in [0.15, 0.2) is 30.3 Å². The number of halogens is 1. The van der Waals surface area contributed by atoms with Crippen molar-refractivity contribution in [3.63, 3.8) is 0 Å². The fraction of sp³-hybridized carbons (Fsp3) is 0.250. The Morgan fingerprint density at radius 2 is 1.64 bits per heavy atom. The van der Waals surface area contributed by atoms with E-state index in [4.69, 9.17) is 21.1 Å². The van der Waals surface area contributed by atoms with Gasteiger partial charge in [0.2, 0.25) is 5.91 Å². The molecule has 2 aromatic carbocycles. The van der Waals surface area contributed by atoms with Crippen LogP contribution < -0.4 is 14.8 Å². The Hall–Kier alpha value is -2.46. The van der Waals surface area contributed by atoms with Crippen LogP contribution in [0, 0.1) is 20.8 Å². The third-order valence-electron chi connectivity index (χ3n) is 3.94. The summed E-state index contributed by atoms with van der Waals surface area (Å²) < 4.78 is 10.5. The molecule has 0 aliphatic heterocycles. The quantitative estimate of drug-likeness (QED) is 0.769. The molecular formula is C20H22ClNO3. The van der Waals surface area contributed by atoms with Crippen molar-refractivity contribution in [1.82, 2.24) is 0 Å². The van der Waals surface area contributed by atoms with Crippen LogP contribution in [-0.4, -0.2) is 20.1 Å². The first-order chi connectivity index (χ1) is 11.8. The number of anilines is 1. The number of hydrogen-bond donors (Lipinski definition) is 1. The van der Waals surface area contributed by atoms with Crippen molar-refractivity contribution in [2.24, 2.45) is 0 Å². The molecule has 0 fully saturated rings. The molecule has 2 aromatic rings. The molecule has 132 valence electrons. The van der Waals surface area contributed by atoms with Gasteiger partial charge < -0.3 is 14.8 Å². The number of hydrogen-bond acceptors (Lipinski definition) is 3. The number of benzene rings is 2. The first kappa shape index (κ1) is 18.9. The molecule has 0 aliphatic rings. The van der Waals surface area contributed by atoms with Crippen LogP contribution in [0.1, 0.15) is 22.3 Å². The summed E-state index contributed by atoms with van der Waals surface area (Å²) >= 11 is 6.08. The summed E-state index contributed by atoms with van der Waals surface area (Å²) in [5.74, 6) is 1.08. The van der Waals surface area contributed by atoms with Crippen molar-refractivity contribution in [3.8, 4) is 11.5 Å². The molecule has 0 saturated heterocycles. The lowest BCUT2D eigenvalue weighted by Gasteiger charge is -2.11. The maximum atomic E-state index is 12.3. The molecule has 0 saturated carbocycles. The van der Waals surface area contributed by atoms with Gasteiger partial charge in [-0.2, -0.15) is 0 Å². The maximum Gasteiger partial charge on any atom is 0.248 e. The van der Waals surface area contributed by atoms with Gasteiger partial charge in [-0.05, 0) is 67.3 Å². The molecule has 0 atom stereocenters. The van der Waals surface area contributed by atoms with Gasteiger partial charge in [0.1, 0.15) is 11.5 Å². The summed E-state index contributed by atoms with van der Waals surface area (Å²) in [5, 5.41) is 3.42. The number of carbonyl (C=O) groups is 1. The summed E-state index contributed by atoms with van der Waals surface area (Å²) in [7, 11) is 3.18. The number of ether oxygens (including phenoxy) is 2. The van der Waals surface area contributed by atoms with Crippen molar-refractivity contribution in [2.75, 3.05) is 19.5 Å². The number of methoxy groups -OCH3 is 2. The van der Waals surface area contributed by atoms with Crippen molar-refractivity contribution < 1.29 is 14.3 Å². The van der Waals surface area contributed by atoms with Gasteiger partial charge in [-0.25, -0.2) is 0 Å². The zero-order chi connectivity index (χ0) is 18.6. The van der Waals surface area contributed by atoms with Crippen molar-refractivity contribution in [2.45, 2.75) is 20.8 Å². The fourth-order valence-electron chi connectivity index (χ4n) is 2.58. The Morgan fingerprint density at radius 1 is 1.00 bits per heavy atom. The Bertz CT molecular complexity index is 805. The van der Waals surface area contributed by atoms with E-state index in [2.05, 4.69) is 5.32 Å². The third-order valence-corrected chi connectivity index (χ3v) is 4.35. The monoisotopic (exact) mass is 359 g/mol. The van der Waals surface area contributed by atoms with Gasteiger partial charge in [0.25, 0.3) is 0 Å². The SMILES string of the molecule is COc1cc(C)c(/C=C/C(=O)Nc2cc(C)c(Cl)cc2OC)c(C)c1. The van der Waals surface area contributed by atoms with E-state index in [1.54, 1.807) is 25.3 Å². The molecule has 25 heavy (non-hydrogen) atoms. The second-order valence-electron chi connectivity index (χ2n) is 5.80. The van der Waals surface area contributed by atoms with Gasteiger partial charge in [0.15, 0.2) is 0 Å². The molecule has 0 unspecified atom stereocenters. The molecule has 4 nitrogen and oxygen atoms in total. The maximum absolute atomic E-state index is 12.3. The van der Waals surface area contributed by atoms with Crippen LogP contribution in [0.3, 0.4) is 0 Å². The number of carbonyl (C=O) groups excluding carboxylic acids is 1. The lowest BCUT2D eigenvalue weighted by Crippen LogP contribution is -2.09. The van der Waals surface area contributed by atoms with Gasteiger partial charge in [-0.15, -0.1) is 0 Å². The Labute approximate surface area is 153 Å². The van der Waals surface area contributed by atoms with Crippen molar-refractivity contribution in [3.05, 3.63) is 57.6 Å². The van der Waals surface area contributed by atoms with Crippen LogP contribution in [-0.2, 0) is 4.79 Å². The number of aryl methyl sites for hydroxylation is 3. The number of amides is 1. The topological polar surface area (TPSA) is 47.6 Å². The number of rotatable bonds is 5. The summed E-state index contributed by atoms with van der Waals surface area (Å²) in [4.78, 5) is 12.3. The van der Waals surface area contributed by atoms with Gasteiger partial charge in [-0.3, -0.25) is 4.79 Å². The van der Waals surface area contributed by atoms with Crippen molar-refractivity contribution >= 4 is 29.3 Å². The molecule has 0 aromatic heterocycles. The summed E-state index contributed by atoms with van der Waals surface area (Å²) in [5.41, 5.74) is 4.53. The standard InChI is InChI=1S/C20H22ClNO3/c1-12-8-15(24-4)9-13(2)16(12)6-7-20(23)22-18-10-14(3)17(21)11-19(18)25-5/h6-11H,1-5H3,(H,22,23)/b7-6+. The first-order valence-electron chi connectivity index (χ1n) is 7.84. The normalized spacial score (nSPS) is 10.8. The van der Waals surface area contributed by atoms with E-state index in [1.165, 1.54) is 13.2 Å². The second kappa shape index (κ2) is 8.08. The van der Waals surface area contributed by atoms with Crippen LogP contribution in [0.4, 0.5) is 5.69 Å². The minimum atomic E-state index is -0.241. The van der Waals surface area contributed by atoms with Gasteiger partial charge >= 0.3 is 0 Å². The summed E-state index contributed by atoms with van der Waals surface area (Å²) in [6, 6.07) is 7.36. The zero-order valence-electron chi connectivity index (χ0n) is 15.1. The summed E-state index contributed by atoms with van der Waals surface area (Å²) in [6.45, 7) is 5.84. The van der Waals surface area contributed by atoms with Crippen LogP contribution >= 0.6 is 11.6 Å². The highest BCUT2D eigenvalue weighted by molar-refractivity contribution is 6.31. The number of nitrogens with one attached hydrogen (secondary N) is 1. The largest absolute Gasteiger partial charge is 0.497 e. The predicted molar refractivity (Wildman–Crippen MR) is 103 cm³/mol. The van der Waals surface area contributed by atoms with Crippen LogP contribution in [0.5, 0.6) is 11.5 Å². The molecule has 0 spiro atoms. The molecule has 0 heterocycles. The molecule has 5 heteroatoms. The molecule has 0 bridgehead atoms. The molecule has 1 N–H and O–H groups in total. The average Bonchev–Trinajstić information content (AvgIpc) is 2.56. The van der Waals surface area contributed by atoms with E-state index in [0.29, 0.717) is 16.5 Å². The van der Waals surface area contributed by atoms with Gasteiger partial charge in [0, 0.05) is 17.2 Å². The average molecular weight is 360 g/mol. The van der Waals surface area contributed by atoms with E-state index in [0.717, 1.165) is 28.0 Å². The predicted octanol–water partition coefficient (Wildman–Crippen LogP) is 4.93. The first-order valence-corrected chi connectivity index (χ1v) is 8.22. The Kier molecular flexibility index (Phi) is 6.10. The van der Waals surface area contributed by atoms with Crippen LogP contribution in [0.25, 0.3) is 6.08 Å². The highest BCUT2D eigenvalue weighted by Gasteiger charge is 2.09. The minimum absolute atomic E-state index is 0.241. The molecular weight excluding hydrogens is 338 g/mol. The highest BCUT2D eigenvalue weighted by Crippen LogP contribution is 2.31. The lowest BCUT2D eigenvalue weighted by molar-refractivity contribution is -0.111. The van der Waals surface area contributed by atoms with Crippen molar-refractivity contribution in [1.29, 1.82) is 0 Å². The molecule has 0 radical (unpaired) electrons. The smallest absolute Gasteiger partial charge is 0.248 e. The van der Waals surface area contributed by atoms with E-state index < -0.39 is 0 Å². The minimum Gasteiger partial charge on any atom is -0.497 e. The van der Waals surface area contributed by atoms with Gasteiger partial charge in [-0.1, -0.05) is 11.6 Å². The lowest BCUT2D eigenvalue weighted by atomic mass is 10.0. The Morgan fingerprint density at radius 3 is 2.20 bits per heavy atom. The molecule has 2 rings (SSSR count).